The molecule has 0 spiro atoms. The lowest BCUT2D eigenvalue weighted by Gasteiger charge is -2.26. The van der Waals surface area contributed by atoms with Gasteiger partial charge in [0.05, 0.1) is 4.90 Å². The van der Waals surface area contributed by atoms with Crippen molar-refractivity contribution in [2.24, 2.45) is 5.73 Å². The second-order valence-corrected chi connectivity index (χ2v) is 11.0. The molecule has 8 heteroatoms. The molecular formula is C25H35N3O4S. The number of nitrogen functional groups attached to an aromatic ring is 1. The minimum absolute atomic E-state index is 0.0665. The molecule has 2 rings (SSSR count). The van der Waals surface area contributed by atoms with Gasteiger partial charge in [-0.05, 0) is 58.6 Å². The molecule has 0 aliphatic rings. The molecule has 180 valence electrons. The number of rotatable bonds is 10. The Balaban J connectivity index is 2.53. The lowest BCUT2D eigenvalue weighted by molar-refractivity contribution is -0.138. The molecule has 1 unspecified atom stereocenters. The number of benzene rings is 2. The van der Waals surface area contributed by atoms with E-state index in [1.807, 2.05) is 33.8 Å². The average molecular weight is 474 g/mol. The Hall–Kier alpha value is -2.71. The maximum Gasteiger partial charge on any atom is 0.322 e. The van der Waals surface area contributed by atoms with E-state index in [-0.39, 0.29) is 34.9 Å². The highest BCUT2D eigenvalue weighted by Gasteiger charge is 2.30. The molecule has 2 aromatic carbocycles. The molecule has 7 nitrogen and oxygen atoms in total. The normalized spacial score (nSPS) is 13.0. The zero-order valence-corrected chi connectivity index (χ0v) is 21.0. The molecule has 0 saturated heterocycles. The Morgan fingerprint density at radius 2 is 1.61 bits per heavy atom. The first-order valence-electron chi connectivity index (χ1n) is 11.1. The number of nitrogens with one attached hydrogen (secondary N) is 2. The van der Waals surface area contributed by atoms with E-state index in [0.717, 1.165) is 16.7 Å². The summed E-state index contributed by atoms with van der Waals surface area (Å²) in [6.45, 7) is 12.1. The SMILES string of the molecule is CC(C)c1ccc(S(=O)(=O)NC(Cc2cccc(C(=N)N)c2)C(=O)O)c(C(C)C)c1C(C)C. The van der Waals surface area contributed by atoms with Crippen molar-refractivity contribution in [3.05, 3.63) is 64.2 Å². The quantitative estimate of drug-likeness (QED) is 0.301. The van der Waals surface area contributed by atoms with Gasteiger partial charge in [-0.2, -0.15) is 4.72 Å². The van der Waals surface area contributed by atoms with Crippen LogP contribution in [0.4, 0.5) is 0 Å². The van der Waals surface area contributed by atoms with Gasteiger partial charge in [-0.25, -0.2) is 8.42 Å². The fourth-order valence-electron chi connectivity index (χ4n) is 4.14. The van der Waals surface area contributed by atoms with E-state index in [9.17, 15) is 18.3 Å². The number of nitrogens with two attached hydrogens (primary N) is 1. The van der Waals surface area contributed by atoms with Gasteiger partial charge in [0.25, 0.3) is 0 Å². The van der Waals surface area contributed by atoms with Crippen LogP contribution < -0.4 is 10.5 Å². The van der Waals surface area contributed by atoms with Gasteiger partial charge in [-0.3, -0.25) is 10.2 Å². The topological polar surface area (TPSA) is 133 Å². The van der Waals surface area contributed by atoms with Gasteiger partial charge in [0.1, 0.15) is 11.9 Å². The minimum atomic E-state index is -4.12. The molecule has 0 fully saturated rings. The summed E-state index contributed by atoms with van der Waals surface area (Å²) in [5.41, 5.74) is 9.38. The maximum absolute atomic E-state index is 13.5. The summed E-state index contributed by atoms with van der Waals surface area (Å²) in [4.78, 5) is 12.1. The molecule has 2 aromatic rings. The van der Waals surface area contributed by atoms with E-state index in [1.165, 1.54) is 0 Å². The molecule has 0 amide bonds. The van der Waals surface area contributed by atoms with Crippen LogP contribution in [0.1, 0.15) is 87.1 Å². The van der Waals surface area contributed by atoms with E-state index in [2.05, 4.69) is 18.6 Å². The van der Waals surface area contributed by atoms with E-state index < -0.39 is 22.0 Å². The van der Waals surface area contributed by atoms with Crippen LogP contribution in [0.25, 0.3) is 0 Å². The molecular weight excluding hydrogens is 438 g/mol. The van der Waals surface area contributed by atoms with Crippen molar-refractivity contribution >= 4 is 21.8 Å². The second-order valence-electron chi connectivity index (χ2n) is 9.27. The number of aliphatic carboxylic acids is 1. The Kier molecular flexibility index (Phi) is 8.43. The molecule has 0 saturated carbocycles. The largest absolute Gasteiger partial charge is 0.480 e. The Morgan fingerprint density at radius 3 is 2.09 bits per heavy atom. The molecule has 33 heavy (non-hydrogen) atoms. The highest BCUT2D eigenvalue weighted by Crippen LogP contribution is 2.37. The molecule has 0 aliphatic carbocycles. The van der Waals surface area contributed by atoms with Crippen molar-refractivity contribution in [2.75, 3.05) is 0 Å². The van der Waals surface area contributed by atoms with E-state index in [1.54, 1.807) is 30.3 Å². The highest BCUT2D eigenvalue weighted by molar-refractivity contribution is 7.89. The van der Waals surface area contributed by atoms with Crippen LogP contribution in [0.5, 0.6) is 0 Å². The number of carbonyl (C=O) groups is 1. The zero-order chi connectivity index (χ0) is 25.1. The van der Waals surface area contributed by atoms with Crippen molar-refractivity contribution in [1.29, 1.82) is 5.41 Å². The summed E-state index contributed by atoms with van der Waals surface area (Å²) in [6, 6.07) is 8.65. The van der Waals surface area contributed by atoms with Crippen LogP contribution in [-0.4, -0.2) is 31.4 Å². The van der Waals surface area contributed by atoms with Crippen LogP contribution in [0.15, 0.2) is 41.3 Å². The predicted molar refractivity (Wildman–Crippen MR) is 132 cm³/mol. The van der Waals surface area contributed by atoms with Gasteiger partial charge in [-0.1, -0.05) is 65.8 Å². The summed E-state index contributed by atoms with van der Waals surface area (Å²) >= 11 is 0. The van der Waals surface area contributed by atoms with E-state index in [4.69, 9.17) is 11.1 Å². The zero-order valence-electron chi connectivity index (χ0n) is 20.1. The molecule has 0 aliphatic heterocycles. The first-order valence-corrected chi connectivity index (χ1v) is 12.6. The van der Waals surface area contributed by atoms with Gasteiger partial charge >= 0.3 is 5.97 Å². The van der Waals surface area contributed by atoms with Gasteiger partial charge in [-0.15, -0.1) is 0 Å². The van der Waals surface area contributed by atoms with Gasteiger partial charge in [0.2, 0.25) is 10.0 Å². The first kappa shape index (κ1) is 26.5. The standard InChI is InChI=1S/C25H35N3O4S/c1-14(2)19-10-11-21(23(16(5)6)22(19)15(3)4)33(31,32)28-20(25(29)30)13-17-8-7-9-18(12-17)24(26)27/h7-12,14-16,20,28H,13H2,1-6H3,(H3,26,27)(H,29,30). The van der Waals surface area contributed by atoms with Gasteiger partial charge in [0.15, 0.2) is 0 Å². The molecule has 0 aromatic heterocycles. The summed E-state index contributed by atoms with van der Waals surface area (Å²) in [5, 5.41) is 17.3. The maximum atomic E-state index is 13.5. The molecule has 1 atom stereocenters. The molecule has 0 heterocycles. The third kappa shape index (κ3) is 6.21. The van der Waals surface area contributed by atoms with Crippen molar-refractivity contribution in [1.82, 2.24) is 4.72 Å². The van der Waals surface area contributed by atoms with Crippen LogP contribution in [0.2, 0.25) is 0 Å². The minimum Gasteiger partial charge on any atom is -0.480 e. The van der Waals surface area contributed by atoms with Crippen molar-refractivity contribution in [3.8, 4) is 0 Å². The van der Waals surface area contributed by atoms with E-state index in [0.29, 0.717) is 11.1 Å². The Bertz CT molecular complexity index is 1140. The average Bonchev–Trinajstić information content (AvgIpc) is 2.71. The fourth-order valence-corrected chi connectivity index (χ4v) is 5.71. The van der Waals surface area contributed by atoms with Crippen LogP contribution in [-0.2, 0) is 21.2 Å². The van der Waals surface area contributed by atoms with Crippen LogP contribution in [0.3, 0.4) is 0 Å². The lowest BCUT2D eigenvalue weighted by atomic mass is 9.83. The third-order valence-corrected chi connectivity index (χ3v) is 7.15. The second kappa shape index (κ2) is 10.5. The van der Waals surface area contributed by atoms with Crippen LogP contribution in [0, 0.1) is 5.41 Å². The van der Waals surface area contributed by atoms with Crippen molar-refractivity contribution in [2.45, 2.75) is 76.7 Å². The summed E-state index contributed by atoms with van der Waals surface area (Å²) in [5.74, 6) is -1.15. The Morgan fingerprint density at radius 1 is 1.00 bits per heavy atom. The van der Waals surface area contributed by atoms with Gasteiger partial charge in [0, 0.05) is 5.56 Å². The predicted octanol–water partition coefficient (Wildman–Crippen LogP) is 4.32. The molecule has 0 radical (unpaired) electrons. The summed E-state index contributed by atoms with van der Waals surface area (Å²) in [6.07, 6.45) is -0.0756. The smallest absolute Gasteiger partial charge is 0.322 e. The number of carboxylic acid groups (broad SMARTS) is 1. The van der Waals surface area contributed by atoms with E-state index >= 15 is 0 Å². The summed E-state index contributed by atoms with van der Waals surface area (Å²) < 4.78 is 29.3. The number of sulfonamides is 1. The molecule has 5 N–H and O–H groups in total. The third-order valence-electron chi connectivity index (χ3n) is 5.62. The van der Waals surface area contributed by atoms with Gasteiger partial charge < -0.3 is 10.8 Å². The number of carboxylic acids is 1. The fraction of sp³-hybridized carbons (Fsp3) is 0.440. The van der Waals surface area contributed by atoms with Crippen molar-refractivity contribution < 1.29 is 18.3 Å². The highest BCUT2D eigenvalue weighted by atomic mass is 32.2. The number of hydrogen-bond acceptors (Lipinski definition) is 4. The van der Waals surface area contributed by atoms with Crippen molar-refractivity contribution in [3.63, 3.8) is 0 Å². The number of hydrogen-bond donors (Lipinski definition) is 4. The first-order chi connectivity index (χ1) is 15.3. The monoisotopic (exact) mass is 473 g/mol. The number of amidine groups is 1. The molecule has 0 bridgehead atoms. The summed E-state index contributed by atoms with van der Waals surface area (Å²) in [7, 11) is -4.12. The Labute approximate surface area is 197 Å². The lowest BCUT2D eigenvalue weighted by Crippen LogP contribution is -2.42. The van der Waals surface area contributed by atoms with Crippen LogP contribution >= 0.6 is 0 Å².